The molecule has 0 bridgehead atoms. The van der Waals surface area contributed by atoms with E-state index in [1.807, 2.05) is 19.9 Å². The summed E-state index contributed by atoms with van der Waals surface area (Å²) < 4.78 is 4.95. The molecule has 0 fully saturated rings. The van der Waals surface area contributed by atoms with Crippen LogP contribution in [0.4, 0.5) is 10.5 Å². The predicted octanol–water partition coefficient (Wildman–Crippen LogP) is 2.76. The Bertz CT molecular complexity index is 408. The van der Waals surface area contributed by atoms with Crippen molar-refractivity contribution in [2.75, 3.05) is 11.9 Å². The number of hydrogen-bond acceptors (Lipinski definition) is 3. The fourth-order valence-corrected chi connectivity index (χ4v) is 1.06. The standard InChI is InChI=1S/C12H14N2O2/c1-9(2)8-16-12(15)14-11-5-3-4-10(6-11)7-13/h3-6,9H,8H2,1-2H3,(H,14,15). The highest BCUT2D eigenvalue weighted by Gasteiger charge is 2.04. The van der Waals surface area contributed by atoms with Gasteiger partial charge in [0, 0.05) is 5.69 Å². The molecular formula is C12H14N2O2. The van der Waals surface area contributed by atoms with Crippen LogP contribution >= 0.6 is 0 Å². The summed E-state index contributed by atoms with van der Waals surface area (Å²) in [5.74, 6) is 0.302. The molecule has 0 aliphatic heterocycles. The van der Waals surface area contributed by atoms with Gasteiger partial charge in [0.1, 0.15) is 0 Å². The number of nitrogens with one attached hydrogen (secondary N) is 1. The van der Waals surface area contributed by atoms with Crippen molar-refractivity contribution in [1.29, 1.82) is 5.26 Å². The molecule has 0 saturated carbocycles. The van der Waals surface area contributed by atoms with E-state index in [1.165, 1.54) is 0 Å². The molecule has 4 nitrogen and oxygen atoms in total. The molecule has 0 aromatic heterocycles. The SMILES string of the molecule is CC(C)COC(=O)Nc1cccc(C#N)c1. The summed E-state index contributed by atoms with van der Waals surface area (Å²) in [6.45, 7) is 4.30. The van der Waals surface area contributed by atoms with E-state index in [9.17, 15) is 4.79 Å². The quantitative estimate of drug-likeness (QED) is 0.848. The van der Waals surface area contributed by atoms with Crippen molar-refractivity contribution < 1.29 is 9.53 Å². The first kappa shape index (κ1) is 12.1. The predicted molar refractivity (Wildman–Crippen MR) is 61.0 cm³/mol. The van der Waals surface area contributed by atoms with Crippen molar-refractivity contribution >= 4 is 11.8 Å². The highest BCUT2D eigenvalue weighted by molar-refractivity contribution is 5.84. The van der Waals surface area contributed by atoms with E-state index in [1.54, 1.807) is 24.3 Å². The van der Waals surface area contributed by atoms with Crippen molar-refractivity contribution in [3.63, 3.8) is 0 Å². The van der Waals surface area contributed by atoms with Crippen LogP contribution < -0.4 is 5.32 Å². The highest BCUT2D eigenvalue weighted by Crippen LogP contribution is 2.10. The summed E-state index contributed by atoms with van der Waals surface area (Å²) >= 11 is 0. The third kappa shape index (κ3) is 4.01. The van der Waals surface area contributed by atoms with E-state index in [-0.39, 0.29) is 0 Å². The van der Waals surface area contributed by atoms with Crippen LogP contribution in [-0.4, -0.2) is 12.7 Å². The molecule has 0 spiro atoms. The van der Waals surface area contributed by atoms with Gasteiger partial charge in [0.05, 0.1) is 18.2 Å². The van der Waals surface area contributed by atoms with Gasteiger partial charge < -0.3 is 4.74 Å². The molecule has 0 aliphatic carbocycles. The average Bonchev–Trinajstić information content (AvgIpc) is 2.26. The first-order valence-electron chi connectivity index (χ1n) is 5.05. The maximum Gasteiger partial charge on any atom is 0.411 e. The number of benzene rings is 1. The molecule has 1 rings (SSSR count). The molecule has 0 unspecified atom stereocenters. The van der Waals surface area contributed by atoms with Crippen molar-refractivity contribution in [3.8, 4) is 6.07 Å². The lowest BCUT2D eigenvalue weighted by atomic mass is 10.2. The fourth-order valence-electron chi connectivity index (χ4n) is 1.06. The number of nitrogens with zero attached hydrogens (tertiary/aromatic N) is 1. The van der Waals surface area contributed by atoms with E-state index in [0.29, 0.717) is 23.8 Å². The van der Waals surface area contributed by atoms with Gasteiger partial charge in [-0.25, -0.2) is 4.79 Å². The summed E-state index contributed by atoms with van der Waals surface area (Å²) in [5, 5.41) is 11.2. The van der Waals surface area contributed by atoms with Gasteiger partial charge in [-0.05, 0) is 24.1 Å². The Balaban J connectivity index is 2.53. The molecule has 16 heavy (non-hydrogen) atoms. The fraction of sp³-hybridized carbons (Fsp3) is 0.333. The van der Waals surface area contributed by atoms with Crippen LogP contribution in [0.3, 0.4) is 0 Å². The first-order valence-corrected chi connectivity index (χ1v) is 5.05. The van der Waals surface area contributed by atoms with Gasteiger partial charge in [-0.3, -0.25) is 5.32 Å². The first-order chi connectivity index (χ1) is 7.61. The molecular weight excluding hydrogens is 204 g/mol. The summed E-state index contributed by atoms with van der Waals surface area (Å²) in [4.78, 5) is 11.3. The van der Waals surface area contributed by atoms with Crippen molar-refractivity contribution in [1.82, 2.24) is 0 Å². The van der Waals surface area contributed by atoms with Crippen molar-refractivity contribution in [2.45, 2.75) is 13.8 Å². The molecule has 4 heteroatoms. The number of hydrogen-bond donors (Lipinski definition) is 1. The van der Waals surface area contributed by atoms with E-state index >= 15 is 0 Å². The van der Waals surface area contributed by atoms with Gasteiger partial charge in [0.25, 0.3) is 0 Å². The van der Waals surface area contributed by atoms with Crippen LogP contribution in [0.25, 0.3) is 0 Å². The Morgan fingerprint density at radius 1 is 1.56 bits per heavy atom. The number of carbonyl (C=O) groups is 1. The number of nitriles is 1. The Labute approximate surface area is 94.8 Å². The zero-order valence-electron chi connectivity index (χ0n) is 9.36. The van der Waals surface area contributed by atoms with Crippen LogP contribution in [0.15, 0.2) is 24.3 Å². The second kappa shape index (κ2) is 5.76. The molecule has 1 aromatic carbocycles. The van der Waals surface area contributed by atoms with Crippen molar-refractivity contribution in [3.05, 3.63) is 29.8 Å². The van der Waals surface area contributed by atoms with E-state index in [2.05, 4.69) is 5.32 Å². The van der Waals surface area contributed by atoms with Crippen molar-refractivity contribution in [2.24, 2.45) is 5.92 Å². The molecule has 0 heterocycles. The number of rotatable bonds is 3. The van der Waals surface area contributed by atoms with Crippen LogP contribution in [0.2, 0.25) is 0 Å². The van der Waals surface area contributed by atoms with Gasteiger partial charge >= 0.3 is 6.09 Å². The summed E-state index contributed by atoms with van der Waals surface area (Å²) in [6.07, 6.45) is -0.496. The second-order valence-corrected chi connectivity index (χ2v) is 3.81. The number of ether oxygens (including phenoxy) is 1. The van der Waals surface area contributed by atoms with E-state index in [4.69, 9.17) is 10.00 Å². The van der Waals surface area contributed by atoms with E-state index in [0.717, 1.165) is 0 Å². The monoisotopic (exact) mass is 218 g/mol. The van der Waals surface area contributed by atoms with Gasteiger partial charge in [-0.1, -0.05) is 19.9 Å². The lowest BCUT2D eigenvalue weighted by Gasteiger charge is -2.08. The number of anilines is 1. The zero-order chi connectivity index (χ0) is 12.0. The lowest BCUT2D eigenvalue weighted by molar-refractivity contribution is 0.147. The Kier molecular flexibility index (Phi) is 4.34. The maximum atomic E-state index is 11.3. The Hall–Kier alpha value is -2.02. The van der Waals surface area contributed by atoms with E-state index < -0.39 is 6.09 Å². The third-order valence-corrected chi connectivity index (χ3v) is 1.79. The molecule has 1 N–H and O–H groups in total. The number of carbonyl (C=O) groups excluding carboxylic acids is 1. The van der Waals surface area contributed by atoms with Crippen LogP contribution in [0.5, 0.6) is 0 Å². The Morgan fingerprint density at radius 2 is 2.31 bits per heavy atom. The minimum atomic E-state index is -0.496. The van der Waals surface area contributed by atoms with Crippen LogP contribution in [0.1, 0.15) is 19.4 Å². The second-order valence-electron chi connectivity index (χ2n) is 3.81. The Morgan fingerprint density at radius 3 is 2.94 bits per heavy atom. The van der Waals surface area contributed by atoms with Crippen LogP contribution in [-0.2, 0) is 4.74 Å². The van der Waals surface area contributed by atoms with Crippen LogP contribution in [0, 0.1) is 17.2 Å². The smallest absolute Gasteiger partial charge is 0.411 e. The maximum absolute atomic E-state index is 11.3. The van der Waals surface area contributed by atoms with Gasteiger partial charge in [-0.2, -0.15) is 5.26 Å². The summed E-state index contributed by atoms with van der Waals surface area (Å²) in [6, 6.07) is 8.67. The number of amides is 1. The normalized spacial score (nSPS) is 9.62. The summed E-state index contributed by atoms with van der Waals surface area (Å²) in [5.41, 5.74) is 1.06. The molecule has 84 valence electrons. The molecule has 0 radical (unpaired) electrons. The molecule has 0 saturated heterocycles. The largest absolute Gasteiger partial charge is 0.449 e. The van der Waals surface area contributed by atoms with Gasteiger partial charge in [0.2, 0.25) is 0 Å². The molecule has 0 aliphatic rings. The summed E-state index contributed by atoms with van der Waals surface area (Å²) in [7, 11) is 0. The highest BCUT2D eigenvalue weighted by atomic mass is 16.5. The molecule has 1 amide bonds. The van der Waals surface area contributed by atoms with Gasteiger partial charge in [-0.15, -0.1) is 0 Å². The molecule has 0 atom stereocenters. The zero-order valence-corrected chi connectivity index (χ0v) is 9.36. The minimum Gasteiger partial charge on any atom is -0.449 e. The van der Waals surface area contributed by atoms with Gasteiger partial charge in [0.15, 0.2) is 0 Å². The lowest BCUT2D eigenvalue weighted by Crippen LogP contribution is -2.16. The third-order valence-electron chi connectivity index (χ3n) is 1.79. The average molecular weight is 218 g/mol. The molecule has 1 aromatic rings. The minimum absolute atomic E-state index is 0.302. The topological polar surface area (TPSA) is 62.1 Å².